The van der Waals surface area contributed by atoms with E-state index >= 15 is 0 Å². The van der Waals surface area contributed by atoms with Crippen LogP contribution >= 0.6 is 0 Å². The van der Waals surface area contributed by atoms with Gasteiger partial charge in [0, 0.05) is 17.7 Å². The first-order chi connectivity index (χ1) is 15.1. The van der Waals surface area contributed by atoms with Crippen molar-refractivity contribution in [1.29, 1.82) is 10.5 Å². The van der Waals surface area contributed by atoms with Gasteiger partial charge in [0.2, 0.25) is 0 Å². The molecule has 7 nitrogen and oxygen atoms in total. The van der Waals surface area contributed by atoms with Crippen LogP contribution in [0.25, 0.3) is 22.4 Å². The number of aryl methyl sites for hydroxylation is 1. The lowest BCUT2D eigenvalue weighted by atomic mass is 9.88. The van der Waals surface area contributed by atoms with Gasteiger partial charge in [-0.05, 0) is 41.8 Å². The van der Waals surface area contributed by atoms with Crippen molar-refractivity contribution in [1.82, 2.24) is 4.57 Å². The highest BCUT2D eigenvalue weighted by Crippen LogP contribution is 2.41. The number of methoxy groups -OCH3 is 3. The van der Waals surface area contributed by atoms with Crippen molar-refractivity contribution < 1.29 is 14.2 Å². The number of rotatable bonds is 4. The van der Waals surface area contributed by atoms with Crippen molar-refractivity contribution >= 4 is 0 Å². The van der Waals surface area contributed by atoms with Crippen LogP contribution in [0, 0.1) is 22.7 Å². The van der Waals surface area contributed by atoms with E-state index in [4.69, 9.17) is 14.2 Å². The Hall–Kier alpha value is -4.23. The van der Waals surface area contributed by atoms with Crippen LogP contribution in [-0.4, -0.2) is 25.9 Å². The average molecular weight is 413 g/mol. The minimum absolute atomic E-state index is 0.0469. The van der Waals surface area contributed by atoms with Gasteiger partial charge in [0.25, 0.3) is 5.56 Å². The SMILES string of the molecule is COc1ccc(-c2c(C#N)c3n(c(=O)c2C#N)CCc2cc(OC)c(OC)cc2-3)cc1. The number of aromatic nitrogens is 1. The summed E-state index contributed by atoms with van der Waals surface area (Å²) in [7, 11) is 4.65. The van der Waals surface area contributed by atoms with Gasteiger partial charge in [-0.1, -0.05) is 12.1 Å². The summed E-state index contributed by atoms with van der Waals surface area (Å²) in [6.45, 7) is 0.364. The van der Waals surface area contributed by atoms with Crippen LogP contribution in [0.4, 0.5) is 0 Å². The van der Waals surface area contributed by atoms with E-state index in [-0.39, 0.29) is 11.1 Å². The molecule has 0 amide bonds. The topological polar surface area (TPSA) is 97.3 Å². The predicted octanol–water partition coefficient (Wildman–Crippen LogP) is 3.51. The number of fused-ring (bicyclic) bond motifs is 3. The van der Waals surface area contributed by atoms with Crippen LogP contribution in [0.2, 0.25) is 0 Å². The fraction of sp³-hybridized carbons (Fsp3) is 0.208. The van der Waals surface area contributed by atoms with Gasteiger partial charge in [-0.3, -0.25) is 4.79 Å². The van der Waals surface area contributed by atoms with E-state index in [0.29, 0.717) is 47.0 Å². The smallest absolute Gasteiger partial charge is 0.269 e. The number of hydrogen-bond donors (Lipinski definition) is 0. The minimum atomic E-state index is -0.414. The Morgan fingerprint density at radius 1 is 0.903 bits per heavy atom. The molecule has 0 saturated carbocycles. The molecule has 0 atom stereocenters. The number of hydrogen-bond acceptors (Lipinski definition) is 6. The molecule has 1 aliphatic heterocycles. The number of pyridine rings is 1. The van der Waals surface area contributed by atoms with E-state index in [9.17, 15) is 15.3 Å². The maximum absolute atomic E-state index is 13.3. The highest BCUT2D eigenvalue weighted by molar-refractivity contribution is 5.86. The number of benzene rings is 2. The summed E-state index contributed by atoms with van der Waals surface area (Å²) in [4.78, 5) is 13.3. The molecule has 1 aromatic heterocycles. The lowest BCUT2D eigenvalue weighted by Crippen LogP contribution is -2.30. The average Bonchev–Trinajstić information content (AvgIpc) is 2.82. The Morgan fingerprint density at radius 3 is 2.13 bits per heavy atom. The maximum atomic E-state index is 13.3. The van der Waals surface area contributed by atoms with Crippen molar-refractivity contribution in [3.8, 4) is 51.8 Å². The Kier molecular flexibility index (Phi) is 5.10. The van der Waals surface area contributed by atoms with Crippen molar-refractivity contribution in [2.24, 2.45) is 0 Å². The summed E-state index contributed by atoms with van der Waals surface area (Å²) in [6.07, 6.45) is 0.570. The van der Waals surface area contributed by atoms with E-state index in [2.05, 4.69) is 6.07 Å². The highest BCUT2D eigenvalue weighted by Gasteiger charge is 2.29. The van der Waals surface area contributed by atoms with Crippen molar-refractivity contribution in [2.75, 3.05) is 21.3 Å². The van der Waals surface area contributed by atoms with Crippen LogP contribution in [0.1, 0.15) is 16.7 Å². The molecule has 1 aliphatic rings. The number of ether oxygens (including phenoxy) is 3. The molecule has 0 radical (unpaired) electrons. The summed E-state index contributed by atoms with van der Waals surface area (Å²) in [5.41, 5.74) is 2.88. The third-order valence-corrected chi connectivity index (χ3v) is 5.54. The first kappa shape index (κ1) is 20.1. The molecule has 2 heterocycles. The van der Waals surface area contributed by atoms with Crippen molar-refractivity contribution in [2.45, 2.75) is 13.0 Å². The molecule has 0 spiro atoms. The Bertz CT molecular complexity index is 1330. The third-order valence-electron chi connectivity index (χ3n) is 5.54. The lowest BCUT2D eigenvalue weighted by molar-refractivity contribution is 0.354. The second-order valence-electron chi connectivity index (χ2n) is 7.00. The van der Waals surface area contributed by atoms with E-state index < -0.39 is 5.56 Å². The Morgan fingerprint density at radius 2 is 1.55 bits per heavy atom. The second-order valence-corrected chi connectivity index (χ2v) is 7.00. The number of nitriles is 2. The second kappa shape index (κ2) is 7.89. The largest absolute Gasteiger partial charge is 0.497 e. The summed E-state index contributed by atoms with van der Waals surface area (Å²) < 4.78 is 17.6. The van der Waals surface area contributed by atoms with Crippen LogP contribution in [0.3, 0.4) is 0 Å². The van der Waals surface area contributed by atoms with Gasteiger partial charge >= 0.3 is 0 Å². The monoisotopic (exact) mass is 413 g/mol. The van der Waals surface area contributed by atoms with Gasteiger partial charge < -0.3 is 18.8 Å². The van der Waals surface area contributed by atoms with Gasteiger partial charge in [-0.15, -0.1) is 0 Å². The fourth-order valence-electron chi connectivity index (χ4n) is 4.05. The molecular formula is C24H19N3O4. The van der Waals surface area contributed by atoms with Gasteiger partial charge in [0.15, 0.2) is 11.5 Å². The molecule has 31 heavy (non-hydrogen) atoms. The maximum Gasteiger partial charge on any atom is 0.269 e. The molecule has 0 unspecified atom stereocenters. The van der Waals surface area contributed by atoms with Crippen LogP contribution in [0.15, 0.2) is 41.2 Å². The van der Waals surface area contributed by atoms with Crippen LogP contribution in [-0.2, 0) is 13.0 Å². The quantitative estimate of drug-likeness (QED) is 0.649. The van der Waals surface area contributed by atoms with Gasteiger partial charge in [-0.2, -0.15) is 10.5 Å². The van der Waals surface area contributed by atoms with E-state index in [1.54, 1.807) is 44.6 Å². The minimum Gasteiger partial charge on any atom is -0.497 e. The first-order valence-electron chi connectivity index (χ1n) is 9.58. The molecule has 4 rings (SSSR count). The molecule has 2 aromatic carbocycles. The lowest BCUT2D eigenvalue weighted by Gasteiger charge is -2.26. The Balaban J connectivity index is 2.10. The zero-order valence-electron chi connectivity index (χ0n) is 17.4. The predicted molar refractivity (Wildman–Crippen MR) is 114 cm³/mol. The van der Waals surface area contributed by atoms with Gasteiger partial charge in [0.05, 0.1) is 32.6 Å². The van der Waals surface area contributed by atoms with Crippen LogP contribution in [0.5, 0.6) is 17.2 Å². The van der Waals surface area contributed by atoms with Gasteiger partial charge in [-0.25, -0.2) is 0 Å². The summed E-state index contributed by atoms with van der Waals surface area (Å²) in [5.74, 6) is 1.72. The highest BCUT2D eigenvalue weighted by atomic mass is 16.5. The Labute approximate surface area is 179 Å². The van der Waals surface area contributed by atoms with Crippen molar-refractivity contribution in [3.05, 3.63) is 63.4 Å². The third kappa shape index (κ3) is 3.08. The molecular weight excluding hydrogens is 394 g/mol. The molecule has 7 heteroatoms. The molecule has 0 bridgehead atoms. The first-order valence-corrected chi connectivity index (χ1v) is 9.58. The number of nitrogens with zero attached hydrogens (tertiary/aromatic N) is 3. The molecule has 3 aromatic rings. The summed E-state index contributed by atoms with van der Waals surface area (Å²) in [5, 5.41) is 19.9. The van der Waals surface area contributed by atoms with E-state index in [0.717, 1.165) is 11.1 Å². The fourth-order valence-corrected chi connectivity index (χ4v) is 4.05. The van der Waals surface area contributed by atoms with E-state index in [1.807, 2.05) is 12.1 Å². The zero-order chi connectivity index (χ0) is 22.1. The van der Waals surface area contributed by atoms with Crippen molar-refractivity contribution in [3.63, 3.8) is 0 Å². The molecule has 0 saturated heterocycles. The standard InChI is InChI=1S/C24H19N3O4/c1-29-16-6-4-14(5-7-16)22-18(12-25)23-17-11-21(31-3)20(30-2)10-15(17)8-9-27(23)24(28)19(22)13-26/h4-7,10-11H,8-9H2,1-3H3. The molecule has 0 fully saturated rings. The normalized spacial score (nSPS) is 11.5. The van der Waals surface area contributed by atoms with Gasteiger partial charge in [0.1, 0.15) is 23.5 Å². The van der Waals surface area contributed by atoms with Crippen LogP contribution < -0.4 is 19.8 Å². The molecule has 0 aliphatic carbocycles. The molecule has 154 valence electrons. The molecule has 0 N–H and O–H groups in total. The summed E-state index contributed by atoms with van der Waals surface area (Å²) >= 11 is 0. The zero-order valence-corrected chi connectivity index (χ0v) is 17.4. The van der Waals surface area contributed by atoms with E-state index in [1.165, 1.54) is 11.7 Å². The summed E-state index contributed by atoms with van der Waals surface area (Å²) in [6, 6.07) is 14.9.